The molecule has 0 atom stereocenters. The van der Waals surface area contributed by atoms with Crippen molar-refractivity contribution in [1.29, 1.82) is 0 Å². The number of hydrogen-bond acceptors (Lipinski definition) is 2. The number of halogens is 1. The Morgan fingerprint density at radius 1 is 1.06 bits per heavy atom. The van der Waals surface area contributed by atoms with E-state index in [4.69, 9.17) is 16.3 Å². The fourth-order valence-corrected chi connectivity index (χ4v) is 1.73. The second-order valence-corrected chi connectivity index (χ2v) is 3.83. The summed E-state index contributed by atoms with van der Waals surface area (Å²) in [5, 5.41) is 10.3. The number of hydrogen-bond donors (Lipinski definition) is 1. The predicted octanol–water partition coefficient (Wildman–Crippen LogP) is 3.72. The Hall–Kier alpha value is -1.67. The topological polar surface area (TPSA) is 29.5 Å². The summed E-state index contributed by atoms with van der Waals surface area (Å²) in [7, 11) is 1.52. The van der Waals surface area contributed by atoms with E-state index in [1.807, 2.05) is 30.3 Å². The van der Waals surface area contributed by atoms with Crippen molar-refractivity contribution >= 4 is 11.6 Å². The highest BCUT2D eigenvalue weighted by atomic mass is 35.5. The van der Waals surface area contributed by atoms with Crippen LogP contribution in [0.15, 0.2) is 42.5 Å². The molecule has 0 aliphatic carbocycles. The highest BCUT2D eigenvalue weighted by molar-refractivity contribution is 6.30. The van der Waals surface area contributed by atoms with Crippen LogP contribution in [0.1, 0.15) is 0 Å². The van der Waals surface area contributed by atoms with Crippen LogP contribution in [0.2, 0.25) is 5.02 Å². The maximum Gasteiger partial charge on any atom is 0.160 e. The van der Waals surface area contributed by atoms with Crippen molar-refractivity contribution in [3.8, 4) is 22.6 Å². The fraction of sp³-hybridized carbons (Fsp3) is 0.0769. The second kappa shape index (κ2) is 4.45. The molecule has 16 heavy (non-hydrogen) atoms. The Bertz CT molecular complexity index is 509. The minimum atomic E-state index is 0.125. The summed E-state index contributed by atoms with van der Waals surface area (Å²) in [4.78, 5) is 0. The first-order valence-electron chi connectivity index (χ1n) is 4.83. The van der Waals surface area contributed by atoms with E-state index in [9.17, 15) is 5.11 Å². The molecule has 82 valence electrons. The molecule has 1 N–H and O–H groups in total. The molecule has 0 saturated carbocycles. The molecule has 0 heterocycles. The van der Waals surface area contributed by atoms with Gasteiger partial charge in [0.1, 0.15) is 0 Å². The summed E-state index contributed by atoms with van der Waals surface area (Å²) in [6.45, 7) is 0. The molecular weight excluding hydrogens is 224 g/mol. The number of phenolic OH excluding ortho intramolecular Hbond substituents is 1. The Morgan fingerprint density at radius 3 is 2.44 bits per heavy atom. The molecule has 0 saturated heterocycles. The van der Waals surface area contributed by atoms with Crippen molar-refractivity contribution in [2.45, 2.75) is 0 Å². The van der Waals surface area contributed by atoms with Crippen LogP contribution in [0.25, 0.3) is 11.1 Å². The van der Waals surface area contributed by atoms with Crippen LogP contribution in [-0.4, -0.2) is 12.2 Å². The minimum absolute atomic E-state index is 0.125. The number of rotatable bonds is 2. The zero-order chi connectivity index (χ0) is 11.5. The summed E-state index contributed by atoms with van der Waals surface area (Å²) in [6, 6.07) is 12.7. The van der Waals surface area contributed by atoms with Gasteiger partial charge in [0.2, 0.25) is 0 Å². The predicted molar refractivity (Wildman–Crippen MR) is 65.1 cm³/mol. The molecule has 0 aliphatic heterocycles. The van der Waals surface area contributed by atoms with E-state index in [1.165, 1.54) is 7.11 Å². The standard InChI is InChI=1S/C13H11ClO2/c1-16-13-6-5-10(8-12(13)15)9-3-2-4-11(14)7-9/h2-8,15H,1H3. The van der Waals surface area contributed by atoms with Gasteiger partial charge in [-0.15, -0.1) is 0 Å². The molecular formula is C13H11ClO2. The van der Waals surface area contributed by atoms with Crippen LogP contribution >= 0.6 is 11.6 Å². The lowest BCUT2D eigenvalue weighted by molar-refractivity contribution is 0.373. The normalized spacial score (nSPS) is 10.1. The highest BCUT2D eigenvalue weighted by Gasteiger charge is 2.04. The van der Waals surface area contributed by atoms with Crippen molar-refractivity contribution in [3.63, 3.8) is 0 Å². The Kier molecular flexibility index (Phi) is 3.02. The quantitative estimate of drug-likeness (QED) is 0.858. The monoisotopic (exact) mass is 234 g/mol. The molecule has 2 rings (SSSR count). The van der Waals surface area contributed by atoms with Gasteiger partial charge in [-0.3, -0.25) is 0 Å². The average Bonchev–Trinajstić information content (AvgIpc) is 2.29. The number of methoxy groups -OCH3 is 1. The molecule has 2 nitrogen and oxygen atoms in total. The van der Waals surface area contributed by atoms with Gasteiger partial charge in [0.05, 0.1) is 7.11 Å². The van der Waals surface area contributed by atoms with Gasteiger partial charge in [-0.2, -0.15) is 0 Å². The molecule has 2 aromatic carbocycles. The maximum absolute atomic E-state index is 9.66. The van der Waals surface area contributed by atoms with Gasteiger partial charge in [-0.05, 0) is 35.4 Å². The molecule has 2 aromatic rings. The van der Waals surface area contributed by atoms with E-state index >= 15 is 0 Å². The Balaban J connectivity index is 2.45. The highest BCUT2D eigenvalue weighted by Crippen LogP contribution is 2.31. The first kappa shape index (κ1) is 10.8. The van der Waals surface area contributed by atoms with Crippen LogP contribution in [-0.2, 0) is 0 Å². The van der Waals surface area contributed by atoms with E-state index in [0.29, 0.717) is 10.8 Å². The molecule has 0 radical (unpaired) electrons. The lowest BCUT2D eigenvalue weighted by atomic mass is 10.1. The molecule has 3 heteroatoms. The zero-order valence-electron chi connectivity index (χ0n) is 8.77. The lowest BCUT2D eigenvalue weighted by Gasteiger charge is -2.06. The fourth-order valence-electron chi connectivity index (χ4n) is 1.54. The van der Waals surface area contributed by atoms with Crippen LogP contribution < -0.4 is 4.74 Å². The third-order valence-corrected chi connectivity index (χ3v) is 2.57. The van der Waals surface area contributed by atoms with E-state index in [2.05, 4.69) is 0 Å². The Morgan fingerprint density at radius 2 is 1.81 bits per heavy atom. The van der Waals surface area contributed by atoms with Crippen LogP contribution in [0.5, 0.6) is 11.5 Å². The van der Waals surface area contributed by atoms with E-state index in [-0.39, 0.29) is 5.75 Å². The van der Waals surface area contributed by atoms with Gasteiger partial charge in [0.25, 0.3) is 0 Å². The largest absolute Gasteiger partial charge is 0.504 e. The van der Waals surface area contributed by atoms with Gasteiger partial charge in [-0.25, -0.2) is 0 Å². The van der Waals surface area contributed by atoms with Gasteiger partial charge in [0.15, 0.2) is 11.5 Å². The van der Waals surface area contributed by atoms with Gasteiger partial charge < -0.3 is 9.84 Å². The number of ether oxygens (including phenoxy) is 1. The van der Waals surface area contributed by atoms with Crippen molar-refractivity contribution < 1.29 is 9.84 Å². The van der Waals surface area contributed by atoms with Crippen molar-refractivity contribution in [2.24, 2.45) is 0 Å². The first-order chi connectivity index (χ1) is 7.70. The van der Waals surface area contributed by atoms with E-state index < -0.39 is 0 Å². The van der Waals surface area contributed by atoms with Crippen LogP contribution in [0.3, 0.4) is 0 Å². The number of aromatic hydroxyl groups is 1. The number of benzene rings is 2. The molecule has 0 fully saturated rings. The van der Waals surface area contributed by atoms with Gasteiger partial charge in [-0.1, -0.05) is 29.8 Å². The summed E-state index contributed by atoms with van der Waals surface area (Å²) in [5.74, 6) is 0.589. The first-order valence-corrected chi connectivity index (χ1v) is 5.21. The molecule has 0 bridgehead atoms. The van der Waals surface area contributed by atoms with Crippen LogP contribution in [0.4, 0.5) is 0 Å². The molecule has 0 aromatic heterocycles. The molecule has 0 amide bonds. The van der Waals surface area contributed by atoms with E-state index in [0.717, 1.165) is 11.1 Å². The summed E-state index contributed by atoms with van der Waals surface area (Å²) in [6.07, 6.45) is 0. The van der Waals surface area contributed by atoms with Crippen molar-refractivity contribution in [2.75, 3.05) is 7.11 Å². The van der Waals surface area contributed by atoms with Crippen molar-refractivity contribution in [1.82, 2.24) is 0 Å². The maximum atomic E-state index is 9.66. The summed E-state index contributed by atoms with van der Waals surface area (Å²) >= 11 is 5.91. The smallest absolute Gasteiger partial charge is 0.160 e. The molecule has 0 spiro atoms. The third-order valence-electron chi connectivity index (χ3n) is 2.34. The molecule has 0 aliphatic rings. The number of phenols is 1. The van der Waals surface area contributed by atoms with Gasteiger partial charge >= 0.3 is 0 Å². The van der Waals surface area contributed by atoms with Gasteiger partial charge in [0, 0.05) is 5.02 Å². The second-order valence-electron chi connectivity index (χ2n) is 3.40. The minimum Gasteiger partial charge on any atom is -0.504 e. The Labute approximate surface area is 99.1 Å². The van der Waals surface area contributed by atoms with Crippen molar-refractivity contribution in [3.05, 3.63) is 47.5 Å². The summed E-state index contributed by atoms with van der Waals surface area (Å²) in [5.41, 5.74) is 1.87. The third kappa shape index (κ3) is 2.12. The van der Waals surface area contributed by atoms with Crippen LogP contribution in [0, 0.1) is 0 Å². The lowest BCUT2D eigenvalue weighted by Crippen LogP contribution is -1.84. The summed E-state index contributed by atoms with van der Waals surface area (Å²) < 4.78 is 4.98. The SMILES string of the molecule is COc1ccc(-c2cccc(Cl)c2)cc1O. The van der Waals surface area contributed by atoms with E-state index in [1.54, 1.807) is 12.1 Å². The average molecular weight is 235 g/mol. The zero-order valence-corrected chi connectivity index (χ0v) is 9.53. The molecule has 0 unspecified atom stereocenters.